The fourth-order valence-electron chi connectivity index (χ4n) is 3.81. The van der Waals surface area contributed by atoms with E-state index >= 15 is 0 Å². The Morgan fingerprint density at radius 2 is 1.84 bits per heavy atom. The summed E-state index contributed by atoms with van der Waals surface area (Å²) in [6.07, 6.45) is 4.68. The molecule has 1 aromatic rings. The number of rotatable bonds is 4. The van der Waals surface area contributed by atoms with E-state index in [4.69, 9.17) is 0 Å². The number of carbonyl (C=O) groups excluding carboxylic acids is 1. The third-order valence-electron chi connectivity index (χ3n) is 5.26. The van der Waals surface area contributed by atoms with E-state index in [1.807, 2.05) is 18.2 Å². The van der Waals surface area contributed by atoms with E-state index < -0.39 is 5.54 Å². The lowest BCUT2D eigenvalue weighted by atomic mass is 9.83. The van der Waals surface area contributed by atoms with Gasteiger partial charge in [-0.25, -0.2) is 0 Å². The monoisotopic (exact) mass is 342 g/mol. The quantitative estimate of drug-likeness (QED) is 0.873. The van der Waals surface area contributed by atoms with Gasteiger partial charge in [0.25, 0.3) is 0 Å². The van der Waals surface area contributed by atoms with Crippen molar-refractivity contribution in [3.8, 4) is 11.8 Å². The maximum atomic E-state index is 12.4. The minimum absolute atomic E-state index is 0.0561. The molecule has 0 radical (unpaired) electrons. The van der Waals surface area contributed by atoms with Crippen molar-refractivity contribution in [3.05, 3.63) is 24.3 Å². The Balaban J connectivity index is 1.49. The Hall–Kier alpha value is -2.26. The standard InChI is InChI=1S/C19H26N4O2/c20-15-19(8-4-1-5-9-19)21-18(25)14-22-10-12-23(13-11-22)16-6-2-3-7-17(16)24/h2-3,6-7,24H,1,4-5,8-14H2,(H,21,25). The highest BCUT2D eigenvalue weighted by Crippen LogP contribution is 2.28. The predicted molar refractivity (Wildman–Crippen MR) is 96.3 cm³/mol. The maximum Gasteiger partial charge on any atom is 0.235 e. The number of carbonyl (C=O) groups is 1. The summed E-state index contributed by atoms with van der Waals surface area (Å²) in [6, 6.07) is 9.68. The first-order chi connectivity index (χ1) is 12.1. The molecule has 0 unspecified atom stereocenters. The van der Waals surface area contributed by atoms with Gasteiger partial charge in [-0.05, 0) is 25.0 Å². The molecule has 2 aliphatic rings. The van der Waals surface area contributed by atoms with Crippen LogP contribution in [0.3, 0.4) is 0 Å². The van der Waals surface area contributed by atoms with Crippen LogP contribution in [0, 0.1) is 11.3 Å². The van der Waals surface area contributed by atoms with E-state index in [-0.39, 0.29) is 5.91 Å². The number of phenolic OH excluding ortho intramolecular Hbond substituents is 1. The molecule has 1 aromatic carbocycles. The average molecular weight is 342 g/mol. The fourth-order valence-corrected chi connectivity index (χ4v) is 3.81. The summed E-state index contributed by atoms with van der Waals surface area (Å²) in [4.78, 5) is 16.6. The van der Waals surface area contributed by atoms with Crippen molar-refractivity contribution < 1.29 is 9.90 Å². The predicted octanol–water partition coefficient (Wildman–Crippen LogP) is 1.86. The molecule has 2 fully saturated rings. The van der Waals surface area contributed by atoms with Gasteiger partial charge >= 0.3 is 0 Å². The van der Waals surface area contributed by atoms with Crippen LogP contribution in [0.5, 0.6) is 5.75 Å². The van der Waals surface area contributed by atoms with E-state index in [0.29, 0.717) is 12.3 Å². The van der Waals surface area contributed by atoms with Crippen molar-refractivity contribution in [1.82, 2.24) is 10.2 Å². The minimum Gasteiger partial charge on any atom is -0.506 e. The summed E-state index contributed by atoms with van der Waals surface area (Å²) in [6.45, 7) is 3.41. The number of aromatic hydroxyl groups is 1. The van der Waals surface area contributed by atoms with Crippen molar-refractivity contribution in [2.24, 2.45) is 0 Å². The number of phenols is 1. The zero-order valence-electron chi connectivity index (χ0n) is 14.6. The molecule has 1 amide bonds. The number of piperazine rings is 1. The van der Waals surface area contributed by atoms with Gasteiger partial charge in [0.15, 0.2) is 0 Å². The summed E-state index contributed by atoms with van der Waals surface area (Å²) in [5.41, 5.74) is 0.185. The lowest BCUT2D eigenvalue weighted by molar-refractivity contribution is -0.124. The van der Waals surface area contributed by atoms with Crippen LogP contribution >= 0.6 is 0 Å². The molecule has 2 N–H and O–H groups in total. The van der Waals surface area contributed by atoms with Gasteiger partial charge in [0.2, 0.25) is 5.91 Å². The first-order valence-electron chi connectivity index (χ1n) is 9.09. The second-order valence-electron chi connectivity index (χ2n) is 7.05. The Morgan fingerprint density at radius 1 is 1.16 bits per heavy atom. The van der Waals surface area contributed by atoms with Crippen LogP contribution in [-0.4, -0.2) is 54.2 Å². The van der Waals surface area contributed by atoms with Crippen LogP contribution in [0.4, 0.5) is 5.69 Å². The average Bonchev–Trinajstić information content (AvgIpc) is 2.63. The van der Waals surface area contributed by atoms with Crippen LogP contribution in [-0.2, 0) is 4.79 Å². The van der Waals surface area contributed by atoms with Gasteiger partial charge in [-0.15, -0.1) is 0 Å². The summed E-state index contributed by atoms with van der Waals surface area (Å²) < 4.78 is 0. The molecule has 1 aliphatic heterocycles. The molecule has 0 bridgehead atoms. The van der Waals surface area contributed by atoms with Crippen molar-refractivity contribution in [2.75, 3.05) is 37.6 Å². The number of nitriles is 1. The van der Waals surface area contributed by atoms with Gasteiger partial charge in [-0.3, -0.25) is 9.69 Å². The number of nitrogens with zero attached hydrogens (tertiary/aromatic N) is 3. The van der Waals surface area contributed by atoms with Gasteiger partial charge < -0.3 is 15.3 Å². The van der Waals surface area contributed by atoms with Crippen LogP contribution in [0.2, 0.25) is 0 Å². The second kappa shape index (κ2) is 7.75. The van der Waals surface area contributed by atoms with Gasteiger partial charge in [-0.1, -0.05) is 31.4 Å². The first-order valence-corrected chi connectivity index (χ1v) is 9.09. The molecule has 1 heterocycles. The van der Waals surface area contributed by atoms with E-state index in [0.717, 1.165) is 64.0 Å². The number of hydrogen-bond acceptors (Lipinski definition) is 5. The van der Waals surface area contributed by atoms with Crippen LogP contribution in [0.1, 0.15) is 32.1 Å². The fraction of sp³-hybridized carbons (Fsp3) is 0.579. The van der Waals surface area contributed by atoms with Crippen molar-refractivity contribution in [1.29, 1.82) is 5.26 Å². The van der Waals surface area contributed by atoms with Gasteiger partial charge in [-0.2, -0.15) is 5.26 Å². The zero-order chi connectivity index (χ0) is 17.7. The molecular formula is C19H26N4O2. The largest absolute Gasteiger partial charge is 0.506 e. The summed E-state index contributed by atoms with van der Waals surface area (Å²) >= 11 is 0. The number of benzene rings is 1. The lowest BCUT2D eigenvalue weighted by Crippen LogP contribution is -2.54. The van der Waals surface area contributed by atoms with Crippen LogP contribution in [0.25, 0.3) is 0 Å². The summed E-state index contributed by atoms with van der Waals surface area (Å²) in [5, 5.41) is 22.4. The van der Waals surface area contributed by atoms with Gasteiger partial charge in [0.1, 0.15) is 11.3 Å². The summed E-state index contributed by atoms with van der Waals surface area (Å²) in [5.74, 6) is 0.237. The van der Waals surface area contributed by atoms with E-state index in [2.05, 4.69) is 21.2 Å². The topological polar surface area (TPSA) is 79.6 Å². The molecule has 6 nitrogen and oxygen atoms in total. The highest BCUT2D eigenvalue weighted by Gasteiger charge is 2.34. The van der Waals surface area contributed by atoms with Crippen molar-refractivity contribution in [2.45, 2.75) is 37.6 Å². The number of anilines is 1. The van der Waals surface area contributed by atoms with Gasteiger partial charge in [0, 0.05) is 26.2 Å². The molecule has 0 spiro atoms. The third-order valence-corrected chi connectivity index (χ3v) is 5.26. The maximum absolute atomic E-state index is 12.4. The number of amides is 1. The first kappa shape index (κ1) is 17.6. The number of hydrogen-bond donors (Lipinski definition) is 2. The molecule has 1 saturated carbocycles. The number of nitrogens with one attached hydrogen (secondary N) is 1. The third kappa shape index (κ3) is 4.23. The molecular weight excluding hydrogens is 316 g/mol. The minimum atomic E-state index is -0.660. The molecule has 0 aromatic heterocycles. The van der Waals surface area contributed by atoms with E-state index in [9.17, 15) is 15.2 Å². The van der Waals surface area contributed by atoms with Crippen molar-refractivity contribution in [3.63, 3.8) is 0 Å². The molecule has 1 aliphatic carbocycles. The Labute approximate surface area is 149 Å². The molecule has 6 heteroatoms. The lowest BCUT2D eigenvalue weighted by Gasteiger charge is -2.37. The van der Waals surface area contributed by atoms with Crippen molar-refractivity contribution >= 4 is 11.6 Å². The highest BCUT2D eigenvalue weighted by atomic mass is 16.3. The molecule has 1 saturated heterocycles. The molecule has 25 heavy (non-hydrogen) atoms. The van der Waals surface area contributed by atoms with Crippen LogP contribution in [0.15, 0.2) is 24.3 Å². The van der Waals surface area contributed by atoms with E-state index in [1.54, 1.807) is 6.07 Å². The van der Waals surface area contributed by atoms with E-state index in [1.165, 1.54) is 0 Å². The van der Waals surface area contributed by atoms with Gasteiger partial charge in [0.05, 0.1) is 18.3 Å². The second-order valence-corrected chi connectivity index (χ2v) is 7.05. The normalized spacial score (nSPS) is 20.7. The van der Waals surface area contributed by atoms with Crippen LogP contribution < -0.4 is 10.2 Å². The SMILES string of the molecule is N#CC1(NC(=O)CN2CCN(c3ccccc3O)CC2)CCCCC1. The molecule has 134 valence electrons. The number of para-hydroxylation sites is 2. The molecule has 3 rings (SSSR count). The Kier molecular flexibility index (Phi) is 5.44. The Morgan fingerprint density at radius 3 is 2.48 bits per heavy atom. The highest BCUT2D eigenvalue weighted by molar-refractivity contribution is 5.79. The summed E-state index contributed by atoms with van der Waals surface area (Å²) in [7, 11) is 0. The molecule has 0 atom stereocenters. The zero-order valence-corrected chi connectivity index (χ0v) is 14.6. The Bertz CT molecular complexity index is 641. The smallest absolute Gasteiger partial charge is 0.235 e.